The zero-order chi connectivity index (χ0) is 7.94. The molecule has 0 spiro atoms. The second kappa shape index (κ2) is 3.35. The van der Waals surface area contributed by atoms with Crippen molar-refractivity contribution in [2.45, 2.75) is 10.3 Å². The van der Waals surface area contributed by atoms with Crippen LogP contribution in [0.15, 0.2) is 9.59 Å². The summed E-state index contributed by atoms with van der Waals surface area (Å²) < 4.78 is -0.686. The molecule has 1 heterocycles. The number of hydrogen-bond donors (Lipinski definition) is 0. The van der Waals surface area contributed by atoms with Gasteiger partial charge in [-0.25, -0.2) is 0 Å². The summed E-state index contributed by atoms with van der Waals surface area (Å²) in [6.45, 7) is -0.157. The van der Waals surface area contributed by atoms with Crippen molar-refractivity contribution in [3.63, 3.8) is 0 Å². The number of aromatic nitrogens is 1. The van der Waals surface area contributed by atoms with Crippen LogP contribution in [0.1, 0.15) is 0 Å². The van der Waals surface area contributed by atoms with E-state index in [0.29, 0.717) is 0 Å². The molecule has 11 heavy (non-hydrogen) atoms. The SMILES string of the molecule is Cl.O=c1c(=O)n1CC(Cl)(Cl)Cl. The van der Waals surface area contributed by atoms with Gasteiger partial charge < -0.3 is 0 Å². The maximum Gasteiger partial charge on any atom is 0.319 e. The summed E-state index contributed by atoms with van der Waals surface area (Å²) >= 11 is 15.9. The summed E-state index contributed by atoms with van der Waals surface area (Å²) in [6, 6.07) is 0. The number of nitrogens with zero attached hydrogens (tertiary/aromatic N) is 1. The fourth-order valence-electron chi connectivity index (χ4n) is 0.487. The summed E-state index contributed by atoms with van der Waals surface area (Å²) in [6.07, 6.45) is 0. The van der Waals surface area contributed by atoms with Crippen LogP contribution in [0.5, 0.6) is 0 Å². The normalized spacial score (nSPS) is 11.5. The highest BCUT2D eigenvalue weighted by molar-refractivity contribution is 6.67. The molecule has 0 aliphatic rings. The van der Waals surface area contributed by atoms with Gasteiger partial charge in [0.05, 0.1) is 6.54 Å². The monoisotopic (exact) mass is 237 g/mol. The molecule has 0 aromatic carbocycles. The Morgan fingerprint density at radius 3 is 1.64 bits per heavy atom. The van der Waals surface area contributed by atoms with Gasteiger partial charge in [-0.2, -0.15) is 0 Å². The third-order valence-corrected chi connectivity index (χ3v) is 1.32. The van der Waals surface area contributed by atoms with E-state index in [9.17, 15) is 9.59 Å². The second-order valence-electron chi connectivity index (χ2n) is 1.81. The summed E-state index contributed by atoms with van der Waals surface area (Å²) in [5.41, 5.74) is -1.18. The molecule has 0 bridgehead atoms. The van der Waals surface area contributed by atoms with Crippen molar-refractivity contribution in [2.24, 2.45) is 0 Å². The zero-order valence-electron chi connectivity index (χ0n) is 5.01. The van der Waals surface area contributed by atoms with E-state index in [4.69, 9.17) is 34.8 Å². The number of hydrogen-bond acceptors (Lipinski definition) is 2. The molecule has 0 aliphatic carbocycles. The predicted molar refractivity (Wildman–Crippen MR) is 46.9 cm³/mol. The fourth-order valence-corrected chi connectivity index (χ4v) is 0.846. The number of rotatable bonds is 1. The van der Waals surface area contributed by atoms with Crippen molar-refractivity contribution in [1.29, 1.82) is 0 Å². The Balaban J connectivity index is 0.000001000. The van der Waals surface area contributed by atoms with E-state index in [1.165, 1.54) is 0 Å². The van der Waals surface area contributed by atoms with Gasteiger partial charge in [0.1, 0.15) is 0 Å². The molecule has 0 saturated carbocycles. The molecule has 0 fully saturated rings. The van der Waals surface area contributed by atoms with Crippen LogP contribution in [0.2, 0.25) is 0 Å². The van der Waals surface area contributed by atoms with Crippen LogP contribution in [-0.4, -0.2) is 8.36 Å². The van der Waals surface area contributed by atoms with E-state index in [-0.39, 0.29) is 19.0 Å². The number of halogens is 4. The Hall–Kier alpha value is 0.300. The quantitative estimate of drug-likeness (QED) is 0.538. The van der Waals surface area contributed by atoms with Crippen LogP contribution in [0, 0.1) is 0 Å². The van der Waals surface area contributed by atoms with Gasteiger partial charge >= 0.3 is 11.1 Å². The van der Waals surface area contributed by atoms with Gasteiger partial charge in [0, 0.05) is 0 Å². The third kappa shape index (κ3) is 3.03. The lowest BCUT2D eigenvalue weighted by molar-refractivity contribution is 0.761. The largest absolute Gasteiger partial charge is 0.319 e. The van der Waals surface area contributed by atoms with E-state index in [0.717, 1.165) is 4.57 Å². The van der Waals surface area contributed by atoms with E-state index in [2.05, 4.69) is 0 Å². The van der Waals surface area contributed by atoms with Crippen molar-refractivity contribution in [3.05, 3.63) is 20.7 Å². The molecule has 1 rings (SSSR count). The predicted octanol–water partition coefficient (Wildman–Crippen LogP) is 0.876. The molecule has 0 amide bonds. The average Bonchev–Trinajstić information content (AvgIpc) is 2.19. The van der Waals surface area contributed by atoms with Crippen LogP contribution in [-0.2, 0) is 6.54 Å². The van der Waals surface area contributed by atoms with Gasteiger partial charge in [-0.1, -0.05) is 34.8 Å². The Morgan fingerprint density at radius 2 is 1.55 bits per heavy atom. The van der Waals surface area contributed by atoms with Gasteiger partial charge in [-0.15, -0.1) is 12.4 Å². The highest BCUT2D eigenvalue weighted by atomic mass is 35.6. The first-order valence-corrected chi connectivity index (χ1v) is 3.48. The lowest BCUT2D eigenvalue weighted by Gasteiger charge is -2.05. The lowest BCUT2D eigenvalue weighted by atomic mass is 10.7. The number of alkyl halides is 3. The fraction of sp³-hybridized carbons (Fsp3) is 0.500. The zero-order valence-corrected chi connectivity index (χ0v) is 8.10. The van der Waals surface area contributed by atoms with Gasteiger partial charge in [0.25, 0.3) is 0 Å². The molecule has 0 atom stereocenters. The van der Waals surface area contributed by atoms with Crippen molar-refractivity contribution in [1.82, 2.24) is 4.57 Å². The van der Waals surface area contributed by atoms with E-state index >= 15 is 0 Å². The second-order valence-corrected chi connectivity index (χ2v) is 4.33. The first-order valence-electron chi connectivity index (χ1n) is 2.34. The average molecular weight is 239 g/mol. The molecule has 7 heteroatoms. The highest BCUT2D eigenvalue weighted by Gasteiger charge is 2.27. The van der Waals surface area contributed by atoms with Crippen LogP contribution in [0.4, 0.5) is 0 Å². The van der Waals surface area contributed by atoms with Crippen LogP contribution in [0.3, 0.4) is 0 Å². The third-order valence-electron chi connectivity index (χ3n) is 0.961. The Bertz CT molecular complexity index is 280. The summed E-state index contributed by atoms with van der Waals surface area (Å²) in [5, 5.41) is 0. The van der Waals surface area contributed by atoms with Gasteiger partial charge in [-0.3, -0.25) is 14.2 Å². The Labute approximate surface area is 82.9 Å². The van der Waals surface area contributed by atoms with Crippen molar-refractivity contribution in [3.8, 4) is 0 Å². The highest BCUT2D eigenvalue weighted by Crippen LogP contribution is 2.26. The lowest BCUT2D eigenvalue weighted by Crippen LogP contribution is -2.13. The molecule has 0 radical (unpaired) electrons. The van der Waals surface area contributed by atoms with Gasteiger partial charge in [-0.05, 0) is 0 Å². The standard InChI is InChI=1S/C4H2Cl3NO2.ClH/c5-4(6,7)1-8-2(9)3(8)10;/h1H2;1H. The van der Waals surface area contributed by atoms with E-state index in [1.807, 2.05) is 0 Å². The van der Waals surface area contributed by atoms with Crippen molar-refractivity contribution >= 4 is 47.2 Å². The molecule has 0 saturated heterocycles. The maximum atomic E-state index is 10.3. The molecule has 0 N–H and O–H groups in total. The molecule has 64 valence electrons. The molecule has 0 aliphatic heterocycles. The van der Waals surface area contributed by atoms with E-state index in [1.54, 1.807) is 0 Å². The minimum Gasteiger partial charge on any atom is -0.263 e. The smallest absolute Gasteiger partial charge is 0.263 e. The molecule has 1 aromatic heterocycles. The van der Waals surface area contributed by atoms with Crippen molar-refractivity contribution in [2.75, 3.05) is 0 Å². The van der Waals surface area contributed by atoms with E-state index < -0.39 is 14.9 Å². The summed E-state index contributed by atoms with van der Waals surface area (Å²) in [7, 11) is 0. The Morgan fingerprint density at radius 1 is 1.18 bits per heavy atom. The topological polar surface area (TPSA) is 39.1 Å². The maximum absolute atomic E-state index is 10.3. The first-order chi connectivity index (χ1) is 4.42. The summed E-state index contributed by atoms with van der Waals surface area (Å²) in [4.78, 5) is 20.6. The molecule has 0 unspecified atom stereocenters. The van der Waals surface area contributed by atoms with Crippen LogP contribution < -0.4 is 11.1 Å². The summed E-state index contributed by atoms with van der Waals surface area (Å²) in [5.74, 6) is 0. The molecule has 1 aromatic rings. The van der Waals surface area contributed by atoms with Gasteiger partial charge in [0.2, 0.25) is 3.79 Å². The molecule has 3 nitrogen and oxygen atoms in total. The minimum atomic E-state index is -1.55. The Kier molecular flexibility index (Phi) is 3.44. The molecular weight excluding hydrogens is 236 g/mol. The van der Waals surface area contributed by atoms with Gasteiger partial charge in [0.15, 0.2) is 0 Å². The molecular formula is C4H3Cl4NO2. The first kappa shape index (κ1) is 11.3. The van der Waals surface area contributed by atoms with Crippen molar-refractivity contribution < 1.29 is 0 Å². The van der Waals surface area contributed by atoms with Crippen LogP contribution in [0.25, 0.3) is 0 Å². The minimum absolute atomic E-state index is 0. The van der Waals surface area contributed by atoms with Crippen LogP contribution >= 0.6 is 47.2 Å².